The van der Waals surface area contributed by atoms with Crippen LogP contribution >= 0.6 is 0 Å². The van der Waals surface area contributed by atoms with Crippen molar-refractivity contribution in [2.45, 2.75) is 230 Å². The summed E-state index contributed by atoms with van der Waals surface area (Å²) in [5.41, 5.74) is 0. The van der Waals surface area contributed by atoms with Gasteiger partial charge in [-0.2, -0.15) is 8.42 Å². The summed E-state index contributed by atoms with van der Waals surface area (Å²) in [5, 5.41) is 30.9. The molecule has 12 nitrogen and oxygen atoms in total. The van der Waals surface area contributed by atoms with Crippen LogP contribution in [0.25, 0.3) is 0 Å². The molecule has 1 rings (SSSR count). The Morgan fingerprint density at radius 3 is 1.45 bits per heavy atom. The van der Waals surface area contributed by atoms with Gasteiger partial charge in [0.1, 0.15) is 36.8 Å². The van der Waals surface area contributed by atoms with Crippen LogP contribution in [0.1, 0.15) is 194 Å². The molecule has 6 atom stereocenters. The van der Waals surface area contributed by atoms with Gasteiger partial charge in [-0.1, -0.05) is 164 Å². The highest BCUT2D eigenvalue weighted by molar-refractivity contribution is 7.85. The van der Waals surface area contributed by atoms with Crippen molar-refractivity contribution >= 4 is 22.1 Å². The number of allylic oxidation sites excluding steroid dienone is 10. The minimum Gasteiger partial charge on any atom is -0.462 e. The Bertz CT molecular complexity index is 1410. The first-order valence-corrected chi connectivity index (χ1v) is 26.5. The number of carbonyl (C=O) groups is 2. The summed E-state index contributed by atoms with van der Waals surface area (Å²) in [7, 11) is -4.61. The largest absolute Gasteiger partial charge is 0.462 e. The molecule has 1 saturated heterocycles. The third-order valence-electron chi connectivity index (χ3n) is 11.1. The van der Waals surface area contributed by atoms with Crippen molar-refractivity contribution in [2.75, 3.05) is 19.0 Å². The predicted molar refractivity (Wildman–Crippen MR) is 256 cm³/mol. The topological polar surface area (TPSA) is 186 Å². The first kappa shape index (κ1) is 59.4. The zero-order chi connectivity index (χ0) is 46.9. The van der Waals surface area contributed by atoms with Crippen molar-refractivity contribution in [1.29, 1.82) is 0 Å². The lowest BCUT2D eigenvalue weighted by Gasteiger charge is -2.40. The maximum atomic E-state index is 12.8. The molecule has 1 aliphatic heterocycles. The summed E-state index contributed by atoms with van der Waals surface area (Å²) in [5.74, 6) is -2.07. The Kier molecular flexibility index (Phi) is 37.7. The molecule has 0 aromatic carbocycles. The fourth-order valence-corrected chi connectivity index (χ4v) is 7.88. The number of carbonyl (C=O) groups excluding carboxylic acids is 2. The average Bonchev–Trinajstić information content (AvgIpc) is 3.26. The number of hydrogen-bond acceptors (Lipinski definition) is 11. The van der Waals surface area contributed by atoms with Crippen LogP contribution in [0.3, 0.4) is 0 Å². The van der Waals surface area contributed by atoms with E-state index in [4.69, 9.17) is 18.9 Å². The summed E-state index contributed by atoms with van der Waals surface area (Å²) in [6.45, 7) is 3.71. The molecule has 0 aromatic rings. The van der Waals surface area contributed by atoms with Gasteiger partial charge < -0.3 is 34.3 Å². The molecule has 1 aliphatic rings. The van der Waals surface area contributed by atoms with E-state index in [1.165, 1.54) is 83.5 Å². The molecule has 64 heavy (non-hydrogen) atoms. The highest BCUT2D eigenvalue weighted by Gasteiger charge is 2.46. The number of ether oxygens (including phenoxy) is 4. The second-order valence-electron chi connectivity index (χ2n) is 17.1. The quantitative estimate of drug-likeness (QED) is 0.0197. The lowest BCUT2D eigenvalue weighted by Crippen LogP contribution is -2.60. The van der Waals surface area contributed by atoms with Gasteiger partial charge >= 0.3 is 11.9 Å². The van der Waals surface area contributed by atoms with Gasteiger partial charge in [0.05, 0.1) is 6.61 Å². The van der Waals surface area contributed by atoms with Crippen molar-refractivity contribution in [3.05, 3.63) is 60.8 Å². The molecular formula is C51H88O12S. The van der Waals surface area contributed by atoms with Crippen LogP contribution in [0.5, 0.6) is 0 Å². The van der Waals surface area contributed by atoms with Gasteiger partial charge in [-0.05, 0) is 77.0 Å². The fourth-order valence-electron chi connectivity index (χ4n) is 7.19. The van der Waals surface area contributed by atoms with Crippen LogP contribution in [0, 0.1) is 0 Å². The second kappa shape index (κ2) is 40.6. The zero-order valence-electron chi connectivity index (χ0n) is 39.6. The second-order valence-corrected chi connectivity index (χ2v) is 18.6. The van der Waals surface area contributed by atoms with E-state index >= 15 is 0 Å². The van der Waals surface area contributed by atoms with Crippen LogP contribution in [-0.4, -0.2) is 96.0 Å². The minimum atomic E-state index is -4.61. The first-order valence-electron chi connectivity index (χ1n) is 24.8. The van der Waals surface area contributed by atoms with Gasteiger partial charge in [-0.15, -0.1) is 0 Å². The summed E-state index contributed by atoms with van der Waals surface area (Å²) in [4.78, 5) is 25.4. The average molecular weight is 925 g/mol. The lowest BCUT2D eigenvalue weighted by molar-refractivity contribution is -0.297. The molecule has 13 heteroatoms. The molecule has 2 unspecified atom stereocenters. The maximum Gasteiger partial charge on any atom is 0.306 e. The van der Waals surface area contributed by atoms with E-state index in [1.807, 2.05) is 12.2 Å². The summed E-state index contributed by atoms with van der Waals surface area (Å²) in [6.07, 6.45) is 41.3. The van der Waals surface area contributed by atoms with E-state index in [1.54, 1.807) is 0 Å². The van der Waals surface area contributed by atoms with E-state index in [2.05, 4.69) is 62.5 Å². The molecule has 0 saturated carbocycles. The lowest BCUT2D eigenvalue weighted by atomic mass is 10.00. The van der Waals surface area contributed by atoms with Crippen molar-refractivity contribution < 1.29 is 56.8 Å². The highest BCUT2D eigenvalue weighted by Crippen LogP contribution is 2.24. The molecule has 0 amide bonds. The van der Waals surface area contributed by atoms with Crippen molar-refractivity contribution in [1.82, 2.24) is 0 Å². The van der Waals surface area contributed by atoms with Crippen LogP contribution < -0.4 is 0 Å². The van der Waals surface area contributed by atoms with E-state index in [9.17, 15) is 37.9 Å². The first-order chi connectivity index (χ1) is 31.0. The van der Waals surface area contributed by atoms with Gasteiger partial charge in [0.15, 0.2) is 12.4 Å². The van der Waals surface area contributed by atoms with Crippen molar-refractivity contribution in [3.63, 3.8) is 0 Å². The molecule has 0 radical (unpaired) electrons. The van der Waals surface area contributed by atoms with Crippen molar-refractivity contribution in [2.24, 2.45) is 0 Å². The smallest absolute Gasteiger partial charge is 0.306 e. The molecule has 1 fully saturated rings. The van der Waals surface area contributed by atoms with E-state index in [-0.39, 0.29) is 19.4 Å². The summed E-state index contributed by atoms with van der Waals surface area (Å²) < 4.78 is 54.1. The molecule has 0 aliphatic carbocycles. The molecule has 0 aromatic heterocycles. The number of hydrogen-bond donors (Lipinski definition) is 4. The van der Waals surface area contributed by atoms with E-state index in [0.717, 1.165) is 64.2 Å². The van der Waals surface area contributed by atoms with Gasteiger partial charge in [0.2, 0.25) is 0 Å². The molecule has 0 bridgehead atoms. The number of aliphatic hydroxyl groups is 3. The van der Waals surface area contributed by atoms with Crippen LogP contribution in [0.2, 0.25) is 0 Å². The molecule has 1 heterocycles. The predicted octanol–water partition coefficient (Wildman–Crippen LogP) is 10.9. The molecular weight excluding hydrogens is 837 g/mol. The van der Waals surface area contributed by atoms with E-state index in [0.29, 0.717) is 19.3 Å². The fraction of sp³-hybridized carbons (Fsp3) is 0.765. The monoisotopic (exact) mass is 925 g/mol. The van der Waals surface area contributed by atoms with Gasteiger partial charge in [0.25, 0.3) is 10.1 Å². The van der Waals surface area contributed by atoms with Crippen LogP contribution in [0.15, 0.2) is 60.8 Å². The van der Waals surface area contributed by atoms with Gasteiger partial charge in [0, 0.05) is 12.8 Å². The number of rotatable bonds is 41. The summed E-state index contributed by atoms with van der Waals surface area (Å²) in [6, 6.07) is 0. The minimum absolute atomic E-state index is 0.0850. The molecule has 4 N–H and O–H groups in total. The third kappa shape index (κ3) is 34.7. The van der Waals surface area contributed by atoms with Gasteiger partial charge in [-0.25, -0.2) is 0 Å². The number of aliphatic hydroxyl groups excluding tert-OH is 3. The Morgan fingerprint density at radius 2 is 0.953 bits per heavy atom. The third-order valence-corrected chi connectivity index (χ3v) is 11.8. The van der Waals surface area contributed by atoms with Gasteiger partial charge in [-0.3, -0.25) is 14.1 Å². The van der Waals surface area contributed by atoms with Crippen LogP contribution in [-0.2, 0) is 38.7 Å². The Labute approximate surface area is 387 Å². The number of unbranched alkanes of at least 4 members (excludes halogenated alkanes) is 19. The molecule has 0 spiro atoms. The highest BCUT2D eigenvalue weighted by atomic mass is 32.2. The zero-order valence-corrected chi connectivity index (χ0v) is 40.4. The standard InChI is InChI=1S/C51H88O12S/c1-3-5-7-9-11-13-15-17-19-20-21-22-23-24-26-28-30-32-34-36-38-40-47(53)62-44(42-61-51-50(56)49(55)48(54)45(63-51)43-64(57,58)59)41-60-46(52)39-37-35-33-31-29-27-25-18-16-14-12-10-8-6-4-2/h18-20,22-23,25-26,28,32,34,44-45,48-51,54-56H,3-17,21,24,27,29-31,33,35-43H2,1-2H3,(H,57,58,59)/b20-19+,23-22+,25-18+,28-26+,34-32+/t44-,45-,48-,49?,50?,51+/m1/s1. The Morgan fingerprint density at radius 1 is 0.531 bits per heavy atom. The Balaban J connectivity index is 2.46. The van der Waals surface area contributed by atoms with Crippen molar-refractivity contribution in [3.8, 4) is 0 Å². The van der Waals surface area contributed by atoms with E-state index < -0.39 is 71.2 Å². The SMILES string of the molecule is CCCCCCCC/C=C/CCCCCCCC(=O)OC[C@H](CO[C@H]1O[C@H](CS(=O)(=O)O)[C@@H](O)C(O)C1O)OC(=O)CCC/C=C/C/C=C/C/C=C/C/C=C/CCCCCCCCC. The Hall–Kier alpha value is -2.65. The maximum absolute atomic E-state index is 12.8. The molecule has 370 valence electrons. The van der Waals surface area contributed by atoms with Crippen LogP contribution in [0.4, 0.5) is 0 Å². The summed E-state index contributed by atoms with van der Waals surface area (Å²) >= 11 is 0. The normalized spacial score (nSPS) is 20.1. The number of esters is 2.